The number of hydroxylamine groups is 2. The van der Waals surface area contributed by atoms with Gasteiger partial charge in [-0.15, -0.1) is 19.7 Å². The van der Waals surface area contributed by atoms with Crippen molar-refractivity contribution in [2.75, 3.05) is 27.8 Å². The molecule has 0 saturated heterocycles. The summed E-state index contributed by atoms with van der Waals surface area (Å²) >= 11 is 0. The summed E-state index contributed by atoms with van der Waals surface area (Å²) in [6.07, 6.45) is 3.52. The number of benzene rings is 2. The summed E-state index contributed by atoms with van der Waals surface area (Å²) < 4.78 is 35.2. The summed E-state index contributed by atoms with van der Waals surface area (Å²) in [7, 11) is 0.505. The Balaban J connectivity index is -0.00000101. The van der Waals surface area contributed by atoms with Gasteiger partial charge >= 0.3 is 23.1 Å². The van der Waals surface area contributed by atoms with Crippen LogP contribution in [-0.4, -0.2) is 119 Å². The fraction of sp³-hybridized carbons (Fsp3) is 0.543. The Kier molecular flexibility index (Phi) is 31.4. The molecule has 2 aromatic rings. The first-order valence-electron chi connectivity index (χ1n) is 19.7. The number of ketones is 1. The molecule has 0 amide bonds. The average molecular weight is 947 g/mol. The van der Waals surface area contributed by atoms with Crippen LogP contribution in [0.4, 0.5) is 0 Å². The molecule has 0 saturated carbocycles. The van der Waals surface area contributed by atoms with Crippen molar-refractivity contribution >= 4 is 45.5 Å². The number of Topliss-reactive ketones (excluding diaryl/α,β-unsaturated/α-hetero) is 1. The third-order valence-electron chi connectivity index (χ3n) is 10.5. The molecular weight excluding hydrogens is 871 g/mol. The molecule has 0 aliphatic carbocycles. The minimum Gasteiger partial charge on any atom is -1.00 e. The maximum Gasteiger partial charge on any atom is 2.00 e. The van der Waals surface area contributed by atoms with Gasteiger partial charge in [0.1, 0.15) is 17.6 Å². The summed E-state index contributed by atoms with van der Waals surface area (Å²) in [6.45, 7) is 40.7. The zero-order valence-electron chi connectivity index (χ0n) is 39.0. The number of hydrogen-bond donors (Lipinski definition) is 2. The topological polar surface area (TPSA) is 116 Å². The van der Waals surface area contributed by atoms with Crippen LogP contribution in [0.15, 0.2) is 93.1 Å². The monoisotopic (exact) mass is 945 g/mol. The Labute approximate surface area is 392 Å². The smallest absolute Gasteiger partial charge is 1.00 e. The van der Waals surface area contributed by atoms with Crippen molar-refractivity contribution in [1.29, 1.82) is 0 Å². The van der Waals surface area contributed by atoms with E-state index in [9.17, 15) is 15.1 Å². The van der Waals surface area contributed by atoms with Gasteiger partial charge in [0, 0.05) is 19.9 Å². The molecule has 1 unspecified atom stereocenters. The van der Waals surface area contributed by atoms with Crippen LogP contribution in [0.2, 0.25) is 36.3 Å². The van der Waals surface area contributed by atoms with Crippen LogP contribution in [0.3, 0.4) is 0 Å². The Morgan fingerprint density at radius 2 is 1.10 bits per heavy atom. The number of ether oxygens (including phenoxy) is 4. The number of nitrogens with zero attached hydrogens (tertiary/aromatic N) is 1. The molecule has 2 N–H and O–H groups in total. The minimum atomic E-state index is -2.18. The normalized spacial score (nSPS) is 14.1. The third kappa shape index (κ3) is 23.0. The van der Waals surface area contributed by atoms with Gasteiger partial charge in [-0.3, -0.25) is 11.4 Å². The van der Waals surface area contributed by atoms with Crippen LogP contribution >= 0.6 is 0 Å². The summed E-state index contributed by atoms with van der Waals surface area (Å²) in [4.78, 5) is 12.7. The van der Waals surface area contributed by atoms with Crippen LogP contribution in [0.1, 0.15) is 65.5 Å². The van der Waals surface area contributed by atoms with Gasteiger partial charge < -0.3 is 61.7 Å². The van der Waals surface area contributed by atoms with Crippen LogP contribution < -0.4 is 26.5 Å². The molecule has 336 valence electrons. The van der Waals surface area contributed by atoms with Gasteiger partial charge in [0.05, 0.1) is 58.4 Å². The number of methoxy groups -OCH3 is 2. The van der Waals surface area contributed by atoms with Crippen molar-refractivity contribution in [2.45, 2.75) is 134 Å². The molecule has 60 heavy (non-hydrogen) atoms. The number of halogens is 1. The summed E-state index contributed by atoms with van der Waals surface area (Å²) in [6, 6.07) is 15.4. The predicted octanol–water partition coefficient (Wildman–Crippen LogP) is 6.76. The summed E-state index contributed by atoms with van der Waals surface area (Å²) in [5, 5.41) is 20.8. The molecule has 14 heteroatoms. The van der Waals surface area contributed by atoms with E-state index in [4.69, 9.17) is 27.8 Å². The van der Waals surface area contributed by atoms with Crippen molar-refractivity contribution in [3.05, 3.63) is 111 Å². The van der Waals surface area contributed by atoms with Gasteiger partial charge in [-0.1, -0.05) is 84.0 Å². The van der Waals surface area contributed by atoms with Gasteiger partial charge in [0.25, 0.3) is 0 Å². The largest absolute Gasteiger partial charge is 2.00 e. The number of aliphatic hydroxyl groups is 1. The fourth-order valence-electron chi connectivity index (χ4n) is 4.82. The van der Waals surface area contributed by atoms with Gasteiger partial charge in [0.15, 0.2) is 22.4 Å². The van der Waals surface area contributed by atoms with E-state index in [1.165, 1.54) is 13.1 Å². The van der Waals surface area contributed by atoms with E-state index in [0.717, 1.165) is 27.7 Å². The molecule has 0 spiro atoms. The van der Waals surface area contributed by atoms with E-state index in [1.807, 2.05) is 48.5 Å². The minimum absolute atomic E-state index is 0. The second-order valence-electron chi connectivity index (χ2n) is 17.1. The molecule has 0 radical (unpaired) electrons. The van der Waals surface area contributed by atoms with Gasteiger partial charge in [-0.2, -0.15) is 5.06 Å². The average Bonchev–Trinajstić information content (AvgIpc) is 3.16. The van der Waals surface area contributed by atoms with Crippen molar-refractivity contribution in [3.8, 4) is 11.5 Å². The predicted molar refractivity (Wildman–Crippen MR) is 248 cm³/mol. The fourth-order valence-corrected chi connectivity index (χ4v) is 7.46. The first-order valence-corrected chi connectivity index (χ1v) is 25.5. The van der Waals surface area contributed by atoms with E-state index in [1.54, 1.807) is 26.4 Å². The molecule has 0 aliphatic rings. The van der Waals surface area contributed by atoms with E-state index in [2.05, 4.69) is 101 Å². The molecule has 0 aliphatic heterocycles. The molecular formula is C46H76BrMgNO9Si2. The van der Waals surface area contributed by atoms with Crippen molar-refractivity contribution in [2.24, 2.45) is 0 Å². The third-order valence-corrected chi connectivity index (χ3v) is 19.5. The number of rotatable bonds is 23. The molecule has 0 fully saturated rings. The zero-order valence-corrected chi connectivity index (χ0v) is 44.0. The molecule has 0 heterocycles. The first-order chi connectivity index (χ1) is 26.9. The van der Waals surface area contributed by atoms with Gasteiger partial charge in [0.2, 0.25) is 0 Å². The van der Waals surface area contributed by atoms with Crippen molar-refractivity contribution in [3.63, 3.8) is 0 Å². The molecule has 0 aromatic heterocycles. The SMILES string of the molecule is C=CC(O)[C@H](C[C@@H](C=C)OCc1ccc(OC)cc1)O[Si](C)(C)C(C)(C)C.C=C[C@H](C[C@H](O[Si](C)(C)C(C)(C)C)C(=O)CN(C)O)OCc1ccc(OC)cc1.[Br-].[CH-]=C.[Mg+2]. The number of carbonyl (C=O) groups excluding carboxylic acids is 1. The van der Waals surface area contributed by atoms with Crippen LogP contribution in [-0.2, 0) is 36.3 Å². The number of carbonyl (C=O) groups is 1. The Morgan fingerprint density at radius 1 is 0.733 bits per heavy atom. The van der Waals surface area contributed by atoms with E-state index in [0.29, 0.717) is 26.1 Å². The van der Waals surface area contributed by atoms with E-state index in [-0.39, 0.29) is 80.8 Å². The number of aliphatic hydroxyl groups excluding tert-OH is 1. The second kappa shape index (κ2) is 30.2. The Bertz CT molecular complexity index is 1500. The van der Waals surface area contributed by atoms with E-state index >= 15 is 0 Å². The van der Waals surface area contributed by atoms with Crippen LogP contribution in [0.25, 0.3) is 0 Å². The maximum atomic E-state index is 12.7. The summed E-state index contributed by atoms with van der Waals surface area (Å²) in [5.74, 6) is 1.44. The van der Waals surface area contributed by atoms with Gasteiger partial charge in [-0.05, 0) is 71.7 Å². The second-order valence-corrected chi connectivity index (χ2v) is 26.6. The molecule has 2 aromatic carbocycles. The van der Waals surface area contributed by atoms with Gasteiger partial charge in [-0.25, -0.2) is 0 Å². The maximum absolute atomic E-state index is 12.7. The van der Waals surface area contributed by atoms with E-state index < -0.39 is 28.8 Å². The summed E-state index contributed by atoms with van der Waals surface area (Å²) in [5.41, 5.74) is 2.05. The number of likely N-dealkylation sites (N-methyl/N-ethyl adjacent to an activating group) is 1. The van der Waals surface area contributed by atoms with Crippen molar-refractivity contribution in [1.82, 2.24) is 5.06 Å². The van der Waals surface area contributed by atoms with Crippen molar-refractivity contribution < 1.29 is 59.9 Å². The Hall–Kier alpha value is -1.93. The Morgan fingerprint density at radius 3 is 1.42 bits per heavy atom. The molecule has 5 atom stereocenters. The van der Waals surface area contributed by atoms with Crippen LogP contribution in [0.5, 0.6) is 11.5 Å². The molecule has 10 nitrogen and oxygen atoms in total. The zero-order chi connectivity index (χ0) is 44.9. The molecule has 2 rings (SSSR count). The standard InChI is InChI=1S/C22H37NO5Si.C22H36O4Si.C2H3.BrH.Mg/c1-9-18(27-16-17-10-12-19(26-6)13-11-17)14-21(20(24)15-23(5)25)28-29(7,8)22(2,3)4;1-9-18(25-16-17-11-13-19(24-6)14-12-17)15-21(20(23)10-2)26-27(7,8)22(3,4)5;1-2;;/h9-13,18,21,25H,1,14-16H2,2-8H3;9-14,18,20-21,23H,1-2,15-16H2,3-8H3;1H,2H2;1H;/q;;-1;;+2/p-1/t18-,21+;18-,20?,21+;;;/m11.../s1. The van der Waals surface area contributed by atoms with Crippen LogP contribution in [0, 0.1) is 6.58 Å². The first kappa shape index (κ1) is 62.4. The molecule has 0 bridgehead atoms. The quantitative estimate of drug-likeness (QED) is 0.0537. The number of hydrogen-bond acceptors (Lipinski definition) is 10.